The first kappa shape index (κ1) is 12.4. The van der Waals surface area contributed by atoms with Gasteiger partial charge in [0, 0.05) is 13.7 Å². The number of hydrogen-bond acceptors (Lipinski definition) is 4. The summed E-state index contributed by atoms with van der Waals surface area (Å²) in [6, 6.07) is 4.52. The maximum atomic E-state index is 13.7. The molecule has 0 spiro atoms. The molecule has 1 aromatic carbocycles. The van der Waals surface area contributed by atoms with Gasteiger partial charge in [-0.15, -0.1) is 0 Å². The molecule has 0 unspecified atom stereocenters. The molecule has 1 N–H and O–H groups in total. The van der Waals surface area contributed by atoms with Gasteiger partial charge in [-0.2, -0.15) is 0 Å². The molecule has 4 nitrogen and oxygen atoms in total. The third kappa shape index (κ3) is 2.93. The minimum atomic E-state index is -0.687. The Morgan fingerprint density at radius 2 is 2.19 bits per heavy atom. The number of nitrogens with one attached hydrogen (secondary N) is 1. The Bertz CT molecular complexity index is 368. The molecular weight excluding hydrogens is 213 g/mol. The van der Waals surface area contributed by atoms with E-state index in [1.165, 1.54) is 13.2 Å². The van der Waals surface area contributed by atoms with Crippen LogP contribution < -0.4 is 5.32 Å². The molecule has 0 aliphatic carbocycles. The fraction of sp³-hybridized carbons (Fsp3) is 0.364. The zero-order chi connectivity index (χ0) is 12.0. The highest BCUT2D eigenvalue weighted by atomic mass is 19.1. The Balaban J connectivity index is 2.82. The van der Waals surface area contributed by atoms with Crippen LogP contribution in [0.2, 0.25) is 0 Å². The van der Waals surface area contributed by atoms with Crippen LogP contribution in [0, 0.1) is 5.82 Å². The van der Waals surface area contributed by atoms with Gasteiger partial charge in [-0.3, -0.25) is 0 Å². The van der Waals surface area contributed by atoms with E-state index in [9.17, 15) is 9.18 Å². The predicted octanol–water partition coefficient (Wildman–Crippen LogP) is 1.67. The molecule has 0 atom stereocenters. The SMILES string of the molecule is COCCNc1cccc(C(=O)OC)c1F. The van der Waals surface area contributed by atoms with Gasteiger partial charge < -0.3 is 14.8 Å². The molecule has 0 bridgehead atoms. The number of esters is 1. The lowest BCUT2D eigenvalue weighted by Gasteiger charge is -2.09. The van der Waals surface area contributed by atoms with E-state index >= 15 is 0 Å². The number of carbonyl (C=O) groups excluding carboxylic acids is 1. The van der Waals surface area contributed by atoms with Gasteiger partial charge in [-0.1, -0.05) is 6.07 Å². The summed E-state index contributed by atoms with van der Waals surface area (Å²) in [5.74, 6) is -1.29. The van der Waals surface area contributed by atoms with Crippen LogP contribution in [-0.4, -0.2) is 33.3 Å². The summed E-state index contributed by atoms with van der Waals surface area (Å²) >= 11 is 0. The Morgan fingerprint density at radius 1 is 1.44 bits per heavy atom. The molecule has 16 heavy (non-hydrogen) atoms. The highest BCUT2D eigenvalue weighted by molar-refractivity contribution is 5.90. The molecule has 0 heterocycles. The van der Waals surface area contributed by atoms with Gasteiger partial charge in [0.15, 0.2) is 5.82 Å². The molecule has 0 aromatic heterocycles. The van der Waals surface area contributed by atoms with Gasteiger partial charge in [-0.05, 0) is 12.1 Å². The third-order valence-electron chi connectivity index (χ3n) is 2.03. The summed E-state index contributed by atoms with van der Waals surface area (Å²) in [6.45, 7) is 0.930. The van der Waals surface area contributed by atoms with E-state index in [4.69, 9.17) is 4.74 Å². The number of benzene rings is 1. The summed E-state index contributed by atoms with van der Waals surface area (Å²) in [5.41, 5.74) is 0.185. The van der Waals surface area contributed by atoms with Crippen molar-refractivity contribution in [3.05, 3.63) is 29.6 Å². The smallest absolute Gasteiger partial charge is 0.340 e. The van der Waals surface area contributed by atoms with Crippen molar-refractivity contribution in [1.82, 2.24) is 0 Å². The lowest BCUT2D eigenvalue weighted by atomic mass is 10.2. The fourth-order valence-electron chi connectivity index (χ4n) is 1.22. The summed E-state index contributed by atoms with van der Waals surface area (Å²) in [5, 5.41) is 2.83. The van der Waals surface area contributed by atoms with Crippen LogP contribution >= 0.6 is 0 Å². The molecule has 0 aliphatic heterocycles. The first-order valence-corrected chi connectivity index (χ1v) is 4.80. The number of methoxy groups -OCH3 is 2. The Morgan fingerprint density at radius 3 is 2.81 bits per heavy atom. The first-order chi connectivity index (χ1) is 7.70. The van der Waals surface area contributed by atoms with Crippen molar-refractivity contribution in [2.24, 2.45) is 0 Å². The molecule has 0 saturated carbocycles. The zero-order valence-corrected chi connectivity index (χ0v) is 9.25. The number of ether oxygens (including phenoxy) is 2. The maximum Gasteiger partial charge on any atom is 0.340 e. The minimum Gasteiger partial charge on any atom is -0.465 e. The first-order valence-electron chi connectivity index (χ1n) is 4.80. The summed E-state index contributed by atoms with van der Waals surface area (Å²) < 4.78 is 23.0. The number of halogens is 1. The molecular formula is C11H14FNO3. The molecule has 0 fully saturated rings. The predicted molar refractivity (Wildman–Crippen MR) is 58.1 cm³/mol. The van der Waals surface area contributed by atoms with Gasteiger partial charge in [0.2, 0.25) is 0 Å². The van der Waals surface area contributed by atoms with Gasteiger partial charge >= 0.3 is 5.97 Å². The van der Waals surface area contributed by atoms with Gasteiger partial charge in [-0.25, -0.2) is 9.18 Å². The van der Waals surface area contributed by atoms with E-state index < -0.39 is 11.8 Å². The van der Waals surface area contributed by atoms with Gasteiger partial charge in [0.25, 0.3) is 0 Å². The zero-order valence-electron chi connectivity index (χ0n) is 9.25. The van der Waals surface area contributed by atoms with Crippen molar-refractivity contribution in [3.8, 4) is 0 Å². The van der Waals surface area contributed by atoms with Crippen LogP contribution in [0.1, 0.15) is 10.4 Å². The second-order valence-corrected chi connectivity index (χ2v) is 3.08. The Labute approximate surface area is 93.4 Å². The van der Waals surface area contributed by atoms with Crippen LogP contribution in [0.3, 0.4) is 0 Å². The second-order valence-electron chi connectivity index (χ2n) is 3.08. The van der Waals surface area contributed by atoms with Crippen LogP contribution in [0.4, 0.5) is 10.1 Å². The number of carbonyl (C=O) groups is 1. The maximum absolute atomic E-state index is 13.7. The van der Waals surface area contributed by atoms with E-state index in [2.05, 4.69) is 10.1 Å². The average Bonchev–Trinajstić information content (AvgIpc) is 2.30. The standard InChI is InChI=1S/C11H14FNO3/c1-15-7-6-13-9-5-3-4-8(10(9)12)11(14)16-2/h3-5,13H,6-7H2,1-2H3. The molecule has 0 saturated heterocycles. The Hall–Kier alpha value is -1.62. The monoisotopic (exact) mass is 227 g/mol. The van der Waals surface area contributed by atoms with E-state index in [-0.39, 0.29) is 11.3 Å². The van der Waals surface area contributed by atoms with E-state index in [1.807, 2.05) is 0 Å². The molecule has 1 aromatic rings. The largest absolute Gasteiger partial charge is 0.465 e. The van der Waals surface area contributed by atoms with Crippen LogP contribution in [0.15, 0.2) is 18.2 Å². The highest BCUT2D eigenvalue weighted by Crippen LogP contribution is 2.18. The number of anilines is 1. The van der Waals surface area contributed by atoms with Crippen molar-refractivity contribution in [3.63, 3.8) is 0 Å². The van der Waals surface area contributed by atoms with Gasteiger partial charge in [0.05, 0.1) is 25.0 Å². The van der Waals surface area contributed by atoms with Crippen molar-refractivity contribution in [2.45, 2.75) is 0 Å². The molecule has 0 amide bonds. The number of hydrogen-bond donors (Lipinski definition) is 1. The van der Waals surface area contributed by atoms with Crippen molar-refractivity contribution >= 4 is 11.7 Å². The molecule has 0 aliphatic rings. The van der Waals surface area contributed by atoms with Gasteiger partial charge in [0.1, 0.15) is 0 Å². The molecule has 1 rings (SSSR count). The third-order valence-corrected chi connectivity index (χ3v) is 2.03. The molecule has 88 valence electrons. The van der Waals surface area contributed by atoms with E-state index in [0.717, 1.165) is 0 Å². The molecule has 5 heteroatoms. The van der Waals surface area contributed by atoms with E-state index in [0.29, 0.717) is 13.2 Å². The topological polar surface area (TPSA) is 47.6 Å². The normalized spacial score (nSPS) is 9.94. The van der Waals surface area contributed by atoms with Crippen molar-refractivity contribution in [1.29, 1.82) is 0 Å². The Kier molecular flexibility index (Phi) is 4.72. The summed E-state index contributed by atoms with van der Waals surface area (Å²) in [6.07, 6.45) is 0. The van der Waals surface area contributed by atoms with Crippen LogP contribution in [-0.2, 0) is 9.47 Å². The molecule has 0 radical (unpaired) electrons. The minimum absolute atomic E-state index is 0.0788. The lowest BCUT2D eigenvalue weighted by Crippen LogP contribution is -2.11. The lowest BCUT2D eigenvalue weighted by molar-refractivity contribution is 0.0595. The summed E-state index contributed by atoms with van der Waals surface area (Å²) in [7, 11) is 2.77. The highest BCUT2D eigenvalue weighted by Gasteiger charge is 2.14. The fourth-order valence-corrected chi connectivity index (χ4v) is 1.22. The number of rotatable bonds is 5. The average molecular weight is 227 g/mol. The second kappa shape index (κ2) is 6.07. The van der Waals surface area contributed by atoms with Crippen LogP contribution in [0.5, 0.6) is 0 Å². The van der Waals surface area contributed by atoms with Crippen molar-refractivity contribution in [2.75, 3.05) is 32.7 Å². The van der Waals surface area contributed by atoms with E-state index in [1.54, 1.807) is 19.2 Å². The van der Waals surface area contributed by atoms with Crippen LogP contribution in [0.25, 0.3) is 0 Å². The quantitative estimate of drug-likeness (QED) is 0.614. The summed E-state index contributed by atoms with van der Waals surface area (Å²) in [4.78, 5) is 11.2. The van der Waals surface area contributed by atoms with Crippen molar-refractivity contribution < 1.29 is 18.7 Å².